The monoisotopic (exact) mass is 462 g/mol. The summed E-state index contributed by atoms with van der Waals surface area (Å²) in [6.07, 6.45) is 1.56. The van der Waals surface area contributed by atoms with Crippen molar-refractivity contribution >= 4 is 5.78 Å². The molecule has 1 aliphatic rings. The summed E-state index contributed by atoms with van der Waals surface area (Å²) < 4.78 is 23.3. The highest BCUT2D eigenvalue weighted by atomic mass is 16.5. The van der Waals surface area contributed by atoms with Crippen LogP contribution in [0.15, 0.2) is 60.7 Å². The number of rotatable bonds is 9. The number of aliphatic hydroxyl groups is 1. The Labute approximate surface area is 200 Å². The quantitative estimate of drug-likeness (QED) is 0.444. The molecule has 4 rings (SSSR count). The number of hydrogen-bond donors (Lipinski definition) is 1. The molecule has 1 heterocycles. The van der Waals surface area contributed by atoms with Crippen LogP contribution in [-0.2, 0) is 19.6 Å². The van der Waals surface area contributed by atoms with Gasteiger partial charge in [-0.15, -0.1) is 0 Å². The number of carbonyl (C=O) groups is 1. The summed E-state index contributed by atoms with van der Waals surface area (Å²) in [5.74, 6) is 2.04. The Morgan fingerprint density at radius 2 is 1.85 bits per heavy atom. The Morgan fingerprint density at radius 3 is 2.59 bits per heavy atom. The van der Waals surface area contributed by atoms with Gasteiger partial charge in [-0.3, -0.25) is 4.79 Å². The number of hydrogen-bond acceptors (Lipinski definition) is 6. The number of carbonyl (C=O) groups excluding carboxylic acids is 1. The zero-order valence-electron chi connectivity index (χ0n) is 19.8. The molecule has 3 aromatic rings. The molecule has 3 aromatic carbocycles. The van der Waals surface area contributed by atoms with Crippen LogP contribution in [0.5, 0.6) is 23.0 Å². The van der Waals surface area contributed by atoms with Gasteiger partial charge in [0, 0.05) is 17.2 Å². The number of aliphatic hydroxyl groups excluding tert-OH is 1. The van der Waals surface area contributed by atoms with Crippen LogP contribution in [0.2, 0.25) is 0 Å². The molecule has 0 fully saturated rings. The Balaban J connectivity index is 1.48. The first kappa shape index (κ1) is 23.6. The molecule has 0 aromatic heterocycles. The summed E-state index contributed by atoms with van der Waals surface area (Å²) >= 11 is 0. The van der Waals surface area contributed by atoms with E-state index < -0.39 is 0 Å². The lowest BCUT2D eigenvalue weighted by Crippen LogP contribution is -2.33. The fraction of sp³-hybridized carbons (Fsp3) is 0.321. The largest absolute Gasteiger partial charge is 0.496 e. The molecule has 1 aliphatic heterocycles. The van der Waals surface area contributed by atoms with Crippen LogP contribution in [0.4, 0.5) is 0 Å². The Kier molecular flexibility index (Phi) is 7.08. The average molecular weight is 463 g/mol. The summed E-state index contributed by atoms with van der Waals surface area (Å²) in [5.41, 5.74) is 2.70. The maximum Gasteiger partial charge on any atom is 0.203 e. The first-order valence-electron chi connectivity index (χ1n) is 11.4. The van der Waals surface area contributed by atoms with Crippen molar-refractivity contribution in [2.24, 2.45) is 0 Å². The molecule has 0 saturated heterocycles. The Morgan fingerprint density at radius 1 is 1.06 bits per heavy atom. The lowest BCUT2D eigenvalue weighted by atomic mass is 9.92. The first-order valence-corrected chi connectivity index (χ1v) is 11.4. The van der Waals surface area contributed by atoms with Gasteiger partial charge in [0.05, 0.1) is 19.3 Å². The summed E-state index contributed by atoms with van der Waals surface area (Å²) in [7, 11) is 1.52. The predicted molar refractivity (Wildman–Crippen MR) is 129 cm³/mol. The molecule has 6 nitrogen and oxygen atoms in total. The van der Waals surface area contributed by atoms with Crippen molar-refractivity contribution in [3.63, 3.8) is 0 Å². The van der Waals surface area contributed by atoms with Gasteiger partial charge in [0.25, 0.3) is 0 Å². The van der Waals surface area contributed by atoms with Crippen molar-refractivity contribution in [2.75, 3.05) is 13.7 Å². The summed E-state index contributed by atoms with van der Waals surface area (Å²) in [4.78, 5) is 13.0. The lowest BCUT2D eigenvalue weighted by molar-refractivity contribution is 0.0813. The SMILES string of the molecule is COc1cc(OCc2ccccc2)ccc1C(=O)COc1c(CO)ccc2c1CCC(C)(C)O2. The Bertz CT molecular complexity index is 1150. The molecule has 0 bridgehead atoms. The molecule has 6 heteroatoms. The van der Waals surface area contributed by atoms with E-state index in [1.54, 1.807) is 24.3 Å². The molecule has 0 atom stereocenters. The van der Waals surface area contributed by atoms with Crippen LogP contribution in [0, 0.1) is 0 Å². The van der Waals surface area contributed by atoms with Crippen LogP contribution in [0.3, 0.4) is 0 Å². The molecule has 34 heavy (non-hydrogen) atoms. The highest BCUT2D eigenvalue weighted by molar-refractivity contribution is 6.00. The third kappa shape index (κ3) is 5.34. The van der Waals surface area contributed by atoms with Crippen molar-refractivity contribution < 1.29 is 28.8 Å². The minimum Gasteiger partial charge on any atom is -0.496 e. The predicted octanol–water partition coefficient (Wildman–Crippen LogP) is 5.13. The van der Waals surface area contributed by atoms with Gasteiger partial charge < -0.3 is 24.1 Å². The summed E-state index contributed by atoms with van der Waals surface area (Å²) in [5, 5.41) is 9.81. The van der Waals surface area contributed by atoms with Gasteiger partial charge in [-0.05, 0) is 56.5 Å². The van der Waals surface area contributed by atoms with Crippen LogP contribution in [0.1, 0.15) is 47.3 Å². The molecule has 0 amide bonds. The van der Waals surface area contributed by atoms with Crippen molar-refractivity contribution in [3.05, 3.63) is 82.9 Å². The second-order valence-electron chi connectivity index (χ2n) is 8.90. The van der Waals surface area contributed by atoms with E-state index in [1.807, 2.05) is 50.2 Å². The van der Waals surface area contributed by atoms with Crippen LogP contribution < -0.4 is 18.9 Å². The van der Waals surface area contributed by atoms with Crippen LogP contribution in [-0.4, -0.2) is 30.2 Å². The summed E-state index contributed by atoms with van der Waals surface area (Å²) in [6, 6.07) is 18.6. The second-order valence-corrected chi connectivity index (χ2v) is 8.90. The third-order valence-corrected chi connectivity index (χ3v) is 5.90. The fourth-order valence-electron chi connectivity index (χ4n) is 4.02. The molecule has 1 N–H and O–H groups in total. The van der Waals surface area contributed by atoms with Gasteiger partial charge in [-0.1, -0.05) is 30.3 Å². The minimum absolute atomic E-state index is 0.184. The Hall–Kier alpha value is -3.51. The number of Topliss-reactive ketones (excluding diaryl/α,β-unsaturated/α-hetero) is 1. The van der Waals surface area contributed by atoms with Gasteiger partial charge in [0.1, 0.15) is 35.2 Å². The number of ketones is 1. The van der Waals surface area contributed by atoms with E-state index in [4.69, 9.17) is 18.9 Å². The normalized spacial score (nSPS) is 14.0. The van der Waals surface area contributed by atoms with E-state index in [-0.39, 0.29) is 24.6 Å². The molecule has 0 spiro atoms. The molecule has 0 aliphatic carbocycles. The number of methoxy groups -OCH3 is 1. The van der Waals surface area contributed by atoms with Gasteiger partial charge in [0.2, 0.25) is 5.78 Å². The van der Waals surface area contributed by atoms with Crippen molar-refractivity contribution in [2.45, 2.75) is 45.5 Å². The van der Waals surface area contributed by atoms with E-state index in [0.29, 0.717) is 35.0 Å². The van der Waals surface area contributed by atoms with E-state index in [2.05, 4.69) is 0 Å². The van der Waals surface area contributed by atoms with E-state index in [1.165, 1.54) is 7.11 Å². The first-order chi connectivity index (χ1) is 16.4. The van der Waals surface area contributed by atoms with Gasteiger partial charge in [-0.2, -0.15) is 0 Å². The van der Waals surface area contributed by atoms with E-state index >= 15 is 0 Å². The lowest BCUT2D eigenvalue weighted by Gasteiger charge is -2.33. The minimum atomic E-state index is -0.265. The van der Waals surface area contributed by atoms with Crippen molar-refractivity contribution in [3.8, 4) is 23.0 Å². The molecular formula is C28H30O6. The fourth-order valence-corrected chi connectivity index (χ4v) is 4.02. The number of ether oxygens (including phenoxy) is 4. The van der Waals surface area contributed by atoms with Crippen LogP contribution in [0.25, 0.3) is 0 Å². The molecule has 0 radical (unpaired) electrons. The second kappa shape index (κ2) is 10.2. The number of benzene rings is 3. The molecule has 0 saturated carbocycles. The molecule has 0 unspecified atom stereocenters. The van der Waals surface area contributed by atoms with Crippen molar-refractivity contribution in [1.29, 1.82) is 0 Å². The van der Waals surface area contributed by atoms with Crippen molar-refractivity contribution in [1.82, 2.24) is 0 Å². The van der Waals surface area contributed by atoms with E-state index in [0.717, 1.165) is 29.7 Å². The zero-order chi connectivity index (χ0) is 24.1. The zero-order valence-corrected chi connectivity index (χ0v) is 19.8. The van der Waals surface area contributed by atoms with Gasteiger partial charge >= 0.3 is 0 Å². The van der Waals surface area contributed by atoms with Gasteiger partial charge in [-0.25, -0.2) is 0 Å². The summed E-state index contributed by atoms with van der Waals surface area (Å²) in [6.45, 7) is 4.13. The maximum absolute atomic E-state index is 13.0. The third-order valence-electron chi connectivity index (χ3n) is 5.90. The van der Waals surface area contributed by atoms with Gasteiger partial charge in [0.15, 0.2) is 6.61 Å². The van der Waals surface area contributed by atoms with Crippen LogP contribution >= 0.6 is 0 Å². The molecular weight excluding hydrogens is 432 g/mol. The average Bonchev–Trinajstić information content (AvgIpc) is 2.85. The smallest absolute Gasteiger partial charge is 0.203 e. The standard InChI is InChI=1S/C28H30O6/c1-28(2)14-13-23-25(34-28)12-9-20(16-29)27(23)33-18-24(30)22-11-10-21(15-26(22)31-3)32-17-19-7-5-4-6-8-19/h4-12,15,29H,13-14,16-18H2,1-3H3. The van der Waals surface area contributed by atoms with E-state index in [9.17, 15) is 9.90 Å². The maximum atomic E-state index is 13.0. The molecule has 178 valence electrons. The topological polar surface area (TPSA) is 74.2 Å². The highest BCUT2D eigenvalue weighted by Crippen LogP contribution is 2.40. The highest BCUT2D eigenvalue weighted by Gasteiger charge is 2.30. The number of fused-ring (bicyclic) bond motifs is 1.